The maximum atomic E-state index is 14.3. The van der Waals surface area contributed by atoms with Crippen LogP contribution in [0.4, 0.5) is 0 Å². The Kier molecular flexibility index (Phi) is 4.32. The fourth-order valence-electron chi connectivity index (χ4n) is 4.61. The predicted octanol–water partition coefficient (Wildman–Crippen LogP) is 3.39. The van der Waals surface area contributed by atoms with E-state index in [9.17, 15) is 4.79 Å². The standard InChI is InChI=1S/C26H27N5O5S/c1-29-7-5-20(27-29)17-9-18-22(10-21(17)34-4)36-11-19-23(28-31(24(18)19)16-6-8-37-12-16)25(32)30(2)26(13-33-3)14-35-15-26/h5-10,12H,11,13-15H2,1-4H3/i2D3,3D3. The van der Waals surface area contributed by atoms with Gasteiger partial charge in [-0.05, 0) is 23.6 Å². The van der Waals surface area contributed by atoms with Gasteiger partial charge in [0.25, 0.3) is 5.91 Å². The molecule has 5 heterocycles. The topological polar surface area (TPSA) is 92.9 Å². The molecule has 2 aliphatic heterocycles. The van der Waals surface area contributed by atoms with Gasteiger partial charge in [0.05, 0.1) is 48.1 Å². The molecule has 10 nitrogen and oxygen atoms in total. The minimum absolute atomic E-state index is 0.0796. The van der Waals surface area contributed by atoms with E-state index in [-0.39, 0.29) is 25.5 Å². The average molecular weight is 528 g/mol. The molecule has 2 aliphatic rings. The van der Waals surface area contributed by atoms with Crippen molar-refractivity contribution in [3.63, 3.8) is 0 Å². The molecule has 0 saturated carbocycles. The van der Waals surface area contributed by atoms with Crippen LogP contribution in [-0.2, 0) is 23.1 Å². The monoisotopic (exact) mass is 527 g/mol. The molecule has 1 amide bonds. The van der Waals surface area contributed by atoms with E-state index < -0.39 is 32.1 Å². The number of hydrogen-bond donors (Lipinski definition) is 0. The summed E-state index contributed by atoms with van der Waals surface area (Å²) in [6.07, 6.45) is 1.81. The van der Waals surface area contributed by atoms with Crippen molar-refractivity contribution in [3.05, 3.63) is 52.5 Å². The molecule has 192 valence electrons. The lowest BCUT2D eigenvalue weighted by Gasteiger charge is -2.47. The second-order valence-electron chi connectivity index (χ2n) is 8.93. The third-order valence-electron chi connectivity index (χ3n) is 6.61. The molecule has 0 aliphatic carbocycles. The molecule has 3 aromatic heterocycles. The number of thiophene rings is 1. The van der Waals surface area contributed by atoms with E-state index >= 15 is 0 Å². The Hall–Kier alpha value is -3.67. The van der Waals surface area contributed by atoms with Gasteiger partial charge in [0.2, 0.25) is 0 Å². The lowest BCUT2D eigenvalue weighted by atomic mass is 9.94. The van der Waals surface area contributed by atoms with Crippen LogP contribution in [0.1, 0.15) is 24.3 Å². The summed E-state index contributed by atoms with van der Waals surface area (Å²) in [4.78, 5) is 14.9. The average Bonchev–Trinajstić information content (AvgIpc) is 3.67. The number of carbonyl (C=O) groups excluding carboxylic acids is 1. The zero-order valence-electron chi connectivity index (χ0n) is 26.1. The van der Waals surface area contributed by atoms with Crippen LogP contribution in [0, 0.1) is 0 Å². The molecular weight excluding hydrogens is 494 g/mol. The van der Waals surface area contributed by atoms with Gasteiger partial charge in [-0.15, -0.1) is 0 Å². The van der Waals surface area contributed by atoms with Crippen molar-refractivity contribution < 1.29 is 32.0 Å². The van der Waals surface area contributed by atoms with Gasteiger partial charge in [-0.25, -0.2) is 4.68 Å². The van der Waals surface area contributed by atoms with Gasteiger partial charge in [-0.2, -0.15) is 21.5 Å². The number of likely N-dealkylation sites (N-methyl/N-ethyl adjacent to an activating group) is 1. The molecule has 0 atom stereocenters. The maximum absolute atomic E-state index is 14.3. The molecule has 4 aromatic rings. The van der Waals surface area contributed by atoms with Gasteiger partial charge in [0, 0.05) is 59.5 Å². The number of aromatic nitrogens is 4. The van der Waals surface area contributed by atoms with Crippen molar-refractivity contribution in [1.29, 1.82) is 0 Å². The van der Waals surface area contributed by atoms with Crippen molar-refractivity contribution in [2.24, 2.45) is 7.05 Å². The van der Waals surface area contributed by atoms with Crippen LogP contribution in [-0.4, -0.2) is 76.9 Å². The molecule has 1 fully saturated rings. The number of hydrogen-bond acceptors (Lipinski definition) is 8. The molecular formula is C26H27N5O5S. The number of ether oxygens (including phenoxy) is 4. The third-order valence-corrected chi connectivity index (χ3v) is 7.29. The quantitative estimate of drug-likeness (QED) is 0.364. The summed E-state index contributed by atoms with van der Waals surface area (Å²) in [6.45, 7) is -4.04. The zero-order valence-corrected chi connectivity index (χ0v) is 20.9. The zero-order chi connectivity index (χ0) is 30.7. The number of methoxy groups -OCH3 is 2. The van der Waals surface area contributed by atoms with Crippen molar-refractivity contribution in [3.8, 4) is 39.7 Å². The number of rotatable bonds is 7. The van der Waals surface area contributed by atoms with Gasteiger partial charge in [0.1, 0.15) is 23.6 Å². The highest BCUT2D eigenvalue weighted by atomic mass is 32.1. The van der Waals surface area contributed by atoms with Gasteiger partial charge < -0.3 is 23.8 Å². The lowest BCUT2D eigenvalue weighted by Crippen LogP contribution is -2.65. The maximum Gasteiger partial charge on any atom is 0.275 e. The van der Waals surface area contributed by atoms with Gasteiger partial charge in [-0.1, -0.05) is 0 Å². The summed E-state index contributed by atoms with van der Waals surface area (Å²) < 4.78 is 72.5. The molecule has 0 bridgehead atoms. The number of aryl methyl sites for hydroxylation is 1. The Morgan fingerprint density at radius 2 is 2.19 bits per heavy atom. The Morgan fingerprint density at radius 1 is 1.30 bits per heavy atom. The molecule has 11 heteroatoms. The Balaban J connectivity index is 1.52. The van der Waals surface area contributed by atoms with E-state index in [0.717, 1.165) is 0 Å². The Labute approximate surface area is 226 Å². The lowest BCUT2D eigenvalue weighted by molar-refractivity contribution is -0.144. The largest absolute Gasteiger partial charge is 0.496 e. The summed E-state index contributed by atoms with van der Waals surface area (Å²) in [5, 5.41) is 12.9. The van der Waals surface area contributed by atoms with Gasteiger partial charge in [0.15, 0.2) is 5.69 Å². The highest BCUT2D eigenvalue weighted by Crippen LogP contribution is 2.46. The highest BCUT2D eigenvalue weighted by Gasteiger charge is 2.46. The molecule has 0 N–H and O–H groups in total. The number of benzene rings is 1. The smallest absolute Gasteiger partial charge is 0.275 e. The number of nitrogens with zero attached hydrogens (tertiary/aromatic N) is 5. The molecule has 37 heavy (non-hydrogen) atoms. The number of amides is 1. The van der Waals surface area contributed by atoms with Crippen LogP contribution in [0.15, 0.2) is 41.2 Å². The second-order valence-corrected chi connectivity index (χ2v) is 9.71. The first kappa shape index (κ1) is 17.7. The van der Waals surface area contributed by atoms with E-state index in [1.165, 1.54) is 11.3 Å². The Morgan fingerprint density at radius 3 is 2.84 bits per heavy atom. The summed E-state index contributed by atoms with van der Waals surface area (Å²) in [5.74, 6) is 0.101. The molecule has 1 aromatic carbocycles. The SMILES string of the molecule is [2H]C([2H])([2H])OCC1(N(C(=O)c2nn(-c3ccsc3)c3c2COc2cc(OC)c(-c4ccn(C)n4)cc2-3)C([2H])([2H])[2H])COC1. The first-order chi connectivity index (χ1) is 20.3. The van der Waals surface area contributed by atoms with E-state index in [2.05, 4.69) is 10.2 Å². The normalized spacial score (nSPS) is 18.4. The summed E-state index contributed by atoms with van der Waals surface area (Å²) in [6, 6.07) is 7.27. The third kappa shape index (κ3) is 3.73. The summed E-state index contributed by atoms with van der Waals surface area (Å²) in [5.41, 5.74) is 1.85. The van der Waals surface area contributed by atoms with Crippen LogP contribution in [0.3, 0.4) is 0 Å². The van der Waals surface area contributed by atoms with Gasteiger partial charge in [-0.3, -0.25) is 9.48 Å². The van der Waals surface area contributed by atoms with Crippen LogP contribution >= 0.6 is 11.3 Å². The predicted molar refractivity (Wildman–Crippen MR) is 137 cm³/mol. The van der Waals surface area contributed by atoms with Crippen molar-refractivity contribution in [2.75, 3.05) is 40.9 Å². The van der Waals surface area contributed by atoms with Crippen LogP contribution in [0.25, 0.3) is 28.2 Å². The van der Waals surface area contributed by atoms with Gasteiger partial charge >= 0.3 is 0 Å². The molecule has 0 radical (unpaired) electrons. The van der Waals surface area contributed by atoms with Crippen LogP contribution in [0.2, 0.25) is 0 Å². The number of carbonyl (C=O) groups is 1. The molecule has 0 unspecified atom stereocenters. The van der Waals surface area contributed by atoms with Crippen LogP contribution in [0.5, 0.6) is 11.5 Å². The van der Waals surface area contributed by atoms with E-state index in [1.807, 2.05) is 35.2 Å². The molecule has 1 saturated heterocycles. The highest BCUT2D eigenvalue weighted by molar-refractivity contribution is 7.08. The van der Waals surface area contributed by atoms with Crippen molar-refractivity contribution >= 4 is 17.2 Å². The minimum Gasteiger partial charge on any atom is -0.496 e. The molecule has 6 rings (SSSR count). The van der Waals surface area contributed by atoms with Crippen molar-refractivity contribution in [2.45, 2.75) is 12.1 Å². The minimum atomic E-state index is -2.97. The summed E-state index contributed by atoms with van der Waals surface area (Å²) in [7, 11) is 0.558. The van der Waals surface area contributed by atoms with E-state index in [0.29, 0.717) is 50.2 Å². The first-order valence-electron chi connectivity index (χ1n) is 14.4. The van der Waals surface area contributed by atoms with Crippen LogP contribution < -0.4 is 9.47 Å². The fraction of sp³-hybridized carbons (Fsp3) is 0.346. The molecule has 0 spiro atoms. The second kappa shape index (κ2) is 9.02. The first-order valence-corrected chi connectivity index (χ1v) is 12.3. The van der Waals surface area contributed by atoms with E-state index in [4.69, 9.17) is 27.2 Å². The van der Waals surface area contributed by atoms with E-state index in [1.54, 1.807) is 29.6 Å². The fourth-order valence-corrected chi connectivity index (χ4v) is 5.23. The Bertz CT molecular complexity index is 1680. The van der Waals surface area contributed by atoms with Crippen molar-refractivity contribution in [1.82, 2.24) is 24.5 Å². The summed E-state index contributed by atoms with van der Waals surface area (Å²) >= 11 is 1.43. The number of fused-ring (bicyclic) bond motifs is 3.